The van der Waals surface area contributed by atoms with Gasteiger partial charge in [-0.1, -0.05) is 49.1 Å². The summed E-state index contributed by atoms with van der Waals surface area (Å²) in [6, 6.07) is 9.01. The van der Waals surface area contributed by atoms with Crippen molar-refractivity contribution in [2.75, 3.05) is 13.7 Å². The maximum Gasteiger partial charge on any atom is 0.0741 e. The molecule has 0 heterocycles. The van der Waals surface area contributed by atoms with Crippen LogP contribution in [0.4, 0.5) is 0 Å². The molecule has 1 aliphatic carbocycles. The number of benzene rings is 1. The Labute approximate surface area is 117 Å². The van der Waals surface area contributed by atoms with Gasteiger partial charge in [-0.05, 0) is 38.8 Å². The van der Waals surface area contributed by atoms with Crippen LogP contribution in [0.25, 0.3) is 0 Å². The Bertz CT molecular complexity index is 369. The van der Waals surface area contributed by atoms with Gasteiger partial charge in [-0.25, -0.2) is 0 Å². The van der Waals surface area contributed by atoms with E-state index in [0.29, 0.717) is 0 Å². The highest BCUT2D eigenvalue weighted by molar-refractivity contribution is 5.24. The summed E-state index contributed by atoms with van der Waals surface area (Å²) < 4.78 is 6.02. The first kappa shape index (κ1) is 14.5. The molecular formula is C17H27NO. The van der Waals surface area contributed by atoms with Crippen LogP contribution in [0.5, 0.6) is 0 Å². The minimum atomic E-state index is 0.216. The maximum atomic E-state index is 6.02. The predicted molar refractivity (Wildman–Crippen MR) is 80.4 cm³/mol. The predicted octanol–water partition coefficient (Wildman–Crippen LogP) is 3.85. The smallest absolute Gasteiger partial charge is 0.0741 e. The number of hydrogen-bond acceptors (Lipinski definition) is 2. The fourth-order valence-electron chi connectivity index (χ4n) is 2.74. The molecule has 0 saturated heterocycles. The van der Waals surface area contributed by atoms with Gasteiger partial charge in [-0.2, -0.15) is 0 Å². The van der Waals surface area contributed by atoms with Gasteiger partial charge in [0.15, 0.2) is 0 Å². The normalized spacial score (nSPS) is 18.9. The second kappa shape index (κ2) is 7.06. The van der Waals surface area contributed by atoms with E-state index in [4.69, 9.17) is 4.74 Å². The Morgan fingerprint density at radius 3 is 2.47 bits per heavy atom. The number of hydrogen-bond donors (Lipinski definition) is 1. The van der Waals surface area contributed by atoms with Gasteiger partial charge >= 0.3 is 0 Å². The van der Waals surface area contributed by atoms with Gasteiger partial charge in [-0.3, -0.25) is 0 Å². The van der Waals surface area contributed by atoms with Crippen molar-refractivity contribution >= 4 is 0 Å². The Morgan fingerprint density at radius 2 is 1.95 bits per heavy atom. The molecule has 19 heavy (non-hydrogen) atoms. The third kappa shape index (κ3) is 4.05. The summed E-state index contributed by atoms with van der Waals surface area (Å²) in [5.41, 5.74) is 2.61. The summed E-state index contributed by atoms with van der Waals surface area (Å²) >= 11 is 0. The van der Waals surface area contributed by atoms with Gasteiger partial charge in [0.25, 0.3) is 0 Å². The molecule has 1 fully saturated rings. The van der Waals surface area contributed by atoms with Gasteiger partial charge in [0.1, 0.15) is 0 Å². The van der Waals surface area contributed by atoms with Crippen LogP contribution in [0, 0.1) is 12.8 Å². The van der Waals surface area contributed by atoms with Crippen molar-refractivity contribution in [1.82, 2.24) is 5.32 Å². The van der Waals surface area contributed by atoms with Crippen LogP contribution >= 0.6 is 0 Å². The third-order valence-corrected chi connectivity index (χ3v) is 4.35. The van der Waals surface area contributed by atoms with Gasteiger partial charge in [-0.15, -0.1) is 0 Å². The van der Waals surface area contributed by atoms with Crippen LogP contribution in [0.1, 0.15) is 49.8 Å². The zero-order valence-electron chi connectivity index (χ0n) is 12.5. The highest BCUT2D eigenvalue weighted by Gasteiger charge is 2.20. The molecule has 1 aliphatic rings. The Morgan fingerprint density at radius 1 is 1.26 bits per heavy atom. The van der Waals surface area contributed by atoms with E-state index >= 15 is 0 Å². The Balaban J connectivity index is 1.83. The minimum Gasteiger partial charge on any atom is -0.377 e. The fraction of sp³-hybridized carbons (Fsp3) is 0.647. The number of ether oxygens (including phenoxy) is 1. The molecule has 1 saturated carbocycles. The standard InChI is InChI=1S/C17H27NO/c1-13-7-9-16(10-8-13)17(18-3)14(2)19-12-11-15-5-4-6-15/h7-10,14-15,17-18H,4-6,11-12H2,1-3H3. The van der Waals surface area contributed by atoms with Gasteiger partial charge in [0, 0.05) is 6.61 Å². The lowest BCUT2D eigenvalue weighted by Gasteiger charge is -2.28. The third-order valence-electron chi connectivity index (χ3n) is 4.35. The lowest BCUT2D eigenvalue weighted by atomic mass is 9.83. The topological polar surface area (TPSA) is 21.3 Å². The van der Waals surface area contributed by atoms with Crippen molar-refractivity contribution in [2.45, 2.75) is 51.7 Å². The largest absolute Gasteiger partial charge is 0.377 e. The van der Waals surface area contributed by atoms with Crippen molar-refractivity contribution in [3.8, 4) is 0 Å². The minimum absolute atomic E-state index is 0.216. The summed E-state index contributed by atoms with van der Waals surface area (Å²) in [6.07, 6.45) is 5.68. The molecule has 0 spiro atoms. The molecule has 106 valence electrons. The van der Waals surface area contributed by atoms with Crippen LogP contribution in [-0.4, -0.2) is 19.8 Å². The first-order valence-corrected chi connectivity index (χ1v) is 7.56. The Kier molecular flexibility index (Phi) is 5.41. The van der Waals surface area contributed by atoms with E-state index in [2.05, 4.69) is 43.4 Å². The van der Waals surface area contributed by atoms with Crippen LogP contribution in [0.2, 0.25) is 0 Å². The molecule has 0 bridgehead atoms. The van der Waals surface area contributed by atoms with E-state index in [0.717, 1.165) is 12.5 Å². The van der Waals surface area contributed by atoms with Crippen LogP contribution in [-0.2, 0) is 4.74 Å². The summed E-state index contributed by atoms with van der Waals surface area (Å²) in [4.78, 5) is 0. The van der Waals surface area contributed by atoms with Crippen LogP contribution in [0.15, 0.2) is 24.3 Å². The number of rotatable bonds is 7. The molecule has 0 radical (unpaired) electrons. The average molecular weight is 261 g/mol. The highest BCUT2D eigenvalue weighted by atomic mass is 16.5. The first-order chi connectivity index (χ1) is 9.20. The molecule has 1 N–H and O–H groups in total. The quantitative estimate of drug-likeness (QED) is 0.805. The summed E-state index contributed by atoms with van der Waals surface area (Å²) in [5.74, 6) is 0.930. The van der Waals surface area contributed by atoms with E-state index in [-0.39, 0.29) is 12.1 Å². The van der Waals surface area contributed by atoms with Gasteiger partial charge in [0.05, 0.1) is 12.1 Å². The van der Waals surface area contributed by atoms with E-state index in [1.54, 1.807) is 0 Å². The molecule has 2 atom stereocenters. The molecule has 1 aromatic rings. The number of aryl methyl sites for hydroxylation is 1. The molecule has 2 unspecified atom stereocenters. The molecule has 0 amide bonds. The lowest BCUT2D eigenvalue weighted by Crippen LogP contribution is -2.30. The zero-order chi connectivity index (χ0) is 13.7. The van der Waals surface area contributed by atoms with Crippen molar-refractivity contribution in [3.05, 3.63) is 35.4 Å². The van der Waals surface area contributed by atoms with Gasteiger partial charge in [0.2, 0.25) is 0 Å². The molecule has 0 aromatic heterocycles. The van der Waals surface area contributed by atoms with Gasteiger partial charge < -0.3 is 10.1 Å². The molecule has 2 rings (SSSR count). The van der Waals surface area contributed by atoms with Crippen molar-refractivity contribution in [3.63, 3.8) is 0 Å². The second-order valence-corrected chi connectivity index (χ2v) is 5.84. The second-order valence-electron chi connectivity index (χ2n) is 5.84. The maximum absolute atomic E-state index is 6.02. The number of likely N-dealkylation sites (N-methyl/N-ethyl adjacent to an activating group) is 1. The fourth-order valence-corrected chi connectivity index (χ4v) is 2.74. The van der Waals surface area contributed by atoms with E-state index in [1.165, 1.54) is 36.8 Å². The molecule has 2 heteroatoms. The summed E-state index contributed by atoms with van der Waals surface area (Å²) in [5, 5.41) is 3.38. The molecule has 1 aromatic carbocycles. The molecule has 2 nitrogen and oxygen atoms in total. The van der Waals surface area contributed by atoms with E-state index in [1.807, 2.05) is 7.05 Å². The van der Waals surface area contributed by atoms with E-state index < -0.39 is 0 Å². The highest BCUT2D eigenvalue weighted by Crippen LogP contribution is 2.29. The average Bonchev–Trinajstić information content (AvgIpc) is 2.35. The molecule has 0 aliphatic heterocycles. The zero-order valence-corrected chi connectivity index (χ0v) is 12.5. The Hall–Kier alpha value is -0.860. The summed E-state index contributed by atoms with van der Waals surface area (Å²) in [7, 11) is 2.01. The number of nitrogens with one attached hydrogen (secondary N) is 1. The van der Waals surface area contributed by atoms with E-state index in [9.17, 15) is 0 Å². The molecular weight excluding hydrogens is 234 g/mol. The summed E-state index contributed by atoms with van der Waals surface area (Å²) in [6.45, 7) is 5.19. The van der Waals surface area contributed by atoms with Crippen molar-refractivity contribution in [1.29, 1.82) is 0 Å². The van der Waals surface area contributed by atoms with Crippen LogP contribution in [0.3, 0.4) is 0 Å². The monoisotopic (exact) mass is 261 g/mol. The first-order valence-electron chi connectivity index (χ1n) is 7.56. The SMILES string of the molecule is CNC(c1ccc(C)cc1)C(C)OCCC1CCC1. The van der Waals surface area contributed by atoms with Crippen LogP contribution < -0.4 is 5.32 Å². The lowest BCUT2D eigenvalue weighted by molar-refractivity contribution is 0.0268. The van der Waals surface area contributed by atoms with Crippen molar-refractivity contribution in [2.24, 2.45) is 5.92 Å². The van der Waals surface area contributed by atoms with Crippen molar-refractivity contribution < 1.29 is 4.74 Å².